The number of nitriles is 1. The van der Waals surface area contributed by atoms with Crippen molar-refractivity contribution in [3.8, 4) is 6.07 Å². The average molecular weight is 342 g/mol. The van der Waals surface area contributed by atoms with E-state index in [1.807, 2.05) is 31.2 Å². The molecule has 0 saturated heterocycles. The Labute approximate surface area is 145 Å². The lowest BCUT2D eigenvalue weighted by molar-refractivity contribution is -0.150. The predicted octanol–water partition coefficient (Wildman–Crippen LogP) is 2.65. The van der Waals surface area contributed by atoms with E-state index in [0.717, 1.165) is 11.1 Å². The van der Waals surface area contributed by atoms with E-state index >= 15 is 0 Å². The smallest absolute Gasteiger partial charge is 0.319 e. The largest absolute Gasteiger partial charge is 0.468 e. The van der Waals surface area contributed by atoms with Crippen molar-refractivity contribution in [2.24, 2.45) is 5.92 Å². The van der Waals surface area contributed by atoms with Crippen molar-refractivity contribution in [1.29, 1.82) is 5.26 Å². The fourth-order valence-corrected chi connectivity index (χ4v) is 3.52. The lowest BCUT2D eigenvalue weighted by atomic mass is 9.77. The van der Waals surface area contributed by atoms with Gasteiger partial charge in [0, 0.05) is 11.7 Å². The summed E-state index contributed by atoms with van der Waals surface area (Å²) in [6.07, 6.45) is 1.69. The maximum absolute atomic E-state index is 12.5. The van der Waals surface area contributed by atoms with Crippen LogP contribution in [0.1, 0.15) is 17.0 Å². The maximum Gasteiger partial charge on any atom is 0.319 e. The van der Waals surface area contributed by atoms with Gasteiger partial charge in [-0.05, 0) is 18.1 Å². The number of nitrogens with zero attached hydrogens (tertiary/aromatic N) is 1. The van der Waals surface area contributed by atoms with Crippen LogP contribution in [0.5, 0.6) is 0 Å². The van der Waals surface area contributed by atoms with Gasteiger partial charge in [-0.1, -0.05) is 30.3 Å². The number of amides is 1. The summed E-state index contributed by atoms with van der Waals surface area (Å²) in [5, 5.41) is 12.8. The molecule has 0 saturated carbocycles. The van der Waals surface area contributed by atoms with E-state index in [-0.39, 0.29) is 0 Å². The molecule has 2 rings (SSSR count). The molecule has 24 heavy (non-hydrogen) atoms. The van der Waals surface area contributed by atoms with Crippen LogP contribution < -0.4 is 5.32 Å². The Morgan fingerprint density at radius 2 is 2.21 bits per heavy atom. The normalized spacial score (nSPS) is 20.1. The topological polar surface area (TPSA) is 79.2 Å². The van der Waals surface area contributed by atoms with Gasteiger partial charge in [0.2, 0.25) is 5.91 Å². The monoisotopic (exact) mass is 342 g/mol. The Balaban J connectivity index is 2.65. The van der Waals surface area contributed by atoms with Gasteiger partial charge in [0.05, 0.1) is 23.8 Å². The molecular formula is C18H18N2O3S. The second kappa shape index (κ2) is 7.84. The summed E-state index contributed by atoms with van der Waals surface area (Å²) in [5.74, 6) is -2.31. The van der Waals surface area contributed by atoms with Crippen molar-refractivity contribution < 1.29 is 14.3 Å². The molecule has 5 nitrogen and oxygen atoms in total. The number of nitrogens with one attached hydrogen (secondary N) is 1. The van der Waals surface area contributed by atoms with Gasteiger partial charge in [0.25, 0.3) is 0 Å². The van der Waals surface area contributed by atoms with Crippen LogP contribution in [0.2, 0.25) is 0 Å². The van der Waals surface area contributed by atoms with E-state index < -0.39 is 23.7 Å². The quantitative estimate of drug-likeness (QED) is 0.505. The molecule has 1 aliphatic rings. The van der Waals surface area contributed by atoms with E-state index in [2.05, 4.69) is 18.0 Å². The van der Waals surface area contributed by atoms with Crippen LogP contribution in [0.15, 0.2) is 47.5 Å². The van der Waals surface area contributed by atoms with E-state index in [1.165, 1.54) is 18.9 Å². The standard InChI is InChI=1S/C18H18N2O3S/c1-4-9-24-17-13(10-19)14(12-8-6-5-7-11(12)2)15(16(21)20-17)18(22)23-3/h4-8,14-15H,1,9H2,2-3H3,(H,20,21)/t14-,15-/m1/s1. The van der Waals surface area contributed by atoms with Gasteiger partial charge in [0.15, 0.2) is 0 Å². The molecule has 1 aliphatic heterocycles. The average Bonchev–Trinajstić information content (AvgIpc) is 2.59. The number of rotatable bonds is 5. The lowest BCUT2D eigenvalue weighted by Crippen LogP contribution is -2.44. The van der Waals surface area contributed by atoms with Gasteiger partial charge in [-0.2, -0.15) is 5.26 Å². The second-order valence-corrected chi connectivity index (χ2v) is 6.31. The van der Waals surface area contributed by atoms with E-state index in [4.69, 9.17) is 4.74 Å². The first kappa shape index (κ1) is 17.8. The Bertz CT molecular complexity index is 749. The molecule has 0 fully saturated rings. The highest BCUT2D eigenvalue weighted by atomic mass is 32.2. The number of methoxy groups -OCH3 is 1. The first-order valence-electron chi connectivity index (χ1n) is 7.37. The number of thioether (sulfide) groups is 1. The Kier molecular flexibility index (Phi) is 5.83. The number of aryl methyl sites for hydroxylation is 1. The number of hydrogen-bond donors (Lipinski definition) is 1. The molecule has 0 unspecified atom stereocenters. The molecule has 0 spiro atoms. The molecule has 1 aromatic carbocycles. The fraction of sp³-hybridized carbons (Fsp3) is 0.278. The van der Waals surface area contributed by atoms with E-state index in [0.29, 0.717) is 16.4 Å². The molecule has 1 aromatic rings. The van der Waals surface area contributed by atoms with Gasteiger partial charge in [0.1, 0.15) is 5.92 Å². The van der Waals surface area contributed by atoms with Crippen LogP contribution in [-0.4, -0.2) is 24.7 Å². The minimum atomic E-state index is -1.08. The third kappa shape index (κ3) is 3.36. The van der Waals surface area contributed by atoms with Crippen molar-refractivity contribution in [1.82, 2.24) is 5.32 Å². The van der Waals surface area contributed by atoms with Crippen molar-refractivity contribution in [2.75, 3.05) is 12.9 Å². The molecule has 1 N–H and O–H groups in total. The zero-order chi connectivity index (χ0) is 17.7. The minimum absolute atomic E-state index is 0.367. The molecule has 6 heteroatoms. The Morgan fingerprint density at radius 1 is 1.50 bits per heavy atom. The van der Waals surface area contributed by atoms with Crippen LogP contribution in [-0.2, 0) is 14.3 Å². The molecule has 1 heterocycles. The fourth-order valence-electron chi connectivity index (χ4n) is 2.73. The summed E-state index contributed by atoms with van der Waals surface area (Å²) in [6, 6.07) is 9.60. The van der Waals surface area contributed by atoms with Gasteiger partial charge >= 0.3 is 5.97 Å². The summed E-state index contributed by atoms with van der Waals surface area (Å²) < 4.78 is 4.81. The first-order valence-corrected chi connectivity index (χ1v) is 8.35. The van der Waals surface area contributed by atoms with Crippen molar-refractivity contribution >= 4 is 23.6 Å². The van der Waals surface area contributed by atoms with Crippen molar-refractivity contribution in [3.05, 3.63) is 58.6 Å². The van der Waals surface area contributed by atoms with Crippen LogP contribution in [0.3, 0.4) is 0 Å². The predicted molar refractivity (Wildman–Crippen MR) is 92.9 cm³/mol. The number of carbonyl (C=O) groups is 2. The molecule has 124 valence electrons. The second-order valence-electron chi connectivity index (χ2n) is 5.28. The molecule has 0 aromatic heterocycles. The summed E-state index contributed by atoms with van der Waals surface area (Å²) in [7, 11) is 1.24. The third-order valence-electron chi connectivity index (χ3n) is 3.85. The van der Waals surface area contributed by atoms with Gasteiger partial charge in [-0.25, -0.2) is 0 Å². The summed E-state index contributed by atoms with van der Waals surface area (Å²) in [6.45, 7) is 5.54. The number of hydrogen-bond acceptors (Lipinski definition) is 5. The van der Waals surface area contributed by atoms with Gasteiger partial charge in [-0.3, -0.25) is 9.59 Å². The Morgan fingerprint density at radius 3 is 2.79 bits per heavy atom. The van der Waals surface area contributed by atoms with Crippen molar-refractivity contribution in [3.63, 3.8) is 0 Å². The zero-order valence-corrected chi connectivity index (χ0v) is 14.4. The van der Waals surface area contributed by atoms with Crippen LogP contribution >= 0.6 is 11.8 Å². The molecule has 0 aliphatic carbocycles. The van der Waals surface area contributed by atoms with Gasteiger partial charge < -0.3 is 10.1 Å². The van der Waals surface area contributed by atoms with E-state index in [9.17, 15) is 14.9 Å². The number of esters is 1. The number of benzene rings is 1. The highest BCUT2D eigenvalue weighted by Crippen LogP contribution is 2.41. The lowest BCUT2D eigenvalue weighted by Gasteiger charge is -2.31. The Hall–Kier alpha value is -2.52. The van der Waals surface area contributed by atoms with Crippen molar-refractivity contribution in [2.45, 2.75) is 12.8 Å². The molecule has 2 atom stereocenters. The third-order valence-corrected chi connectivity index (χ3v) is 4.87. The minimum Gasteiger partial charge on any atom is -0.468 e. The van der Waals surface area contributed by atoms with Crippen LogP contribution in [0, 0.1) is 24.2 Å². The summed E-state index contributed by atoms with van der Waals surface area (Å²) in [5.41, 5.74) is 2.05. The summed E-state index contributed by atoms with van der Waals surface area (Å²) >= 11 is 1.31. The molecule has 1 amide bonds. The highest BCUT2D eigenvalue weighted by Gasteiger charge is 2.44. The van der Waals surface area contributed by atoms with E-state index in [1.54, 1.807) is 6.08 Å². The SMILES string of the molecule is C=CCSC1=C(C#N)[C@@H](c2ccccc2C)[C@@H](C(=O)OC)C(=O)N1. The number of ether oxygens (including phenoxy) is 1. The molecule has 0 bridgehead atoms. The zero-order valence-electron chi connectivity index (χ0n) is 13.5. The first-order chi connectivity index (χ1) is 11.5. The number of carbonyl (C=O) groups excluding carboxylic acids is 2. The molecular weight excluding hydrogens is 324 g/mol. The van der Waals surface area contributed by atoms with Crippen LogP contribution in [0.25, 0.3) is 0 Å². The number of allylic oxidation sites excluding steroid dienone is 1. The van der Waals surface area contributed by atoms with Gasteiger partial charge in [-0.15, -0.1) is 18.3 Å². The maximum atomic E-state index is 12.5. The summed E-state index contributed by atoms with van der Waals surface area (Å²) in [4.78, 5) is 24.7. The highest BCUT2D eigenvalue weighted by molar-refractivity contribution is 8.03. The van der Waals surface area contributed by atoms with Crippen LogP contribution in [0.4, 0.5) is 0 Å². The molecule has 0 radical (unpaired) electrons.